The van der Waals surface area contributed by atoms with Crippen molar-refractivity contribution in [1.29, 1.82) is 0 Å². The molecule has 1 aliphatic heterocycles. The highest BCUT2D eigenvalue weighted by molar-refractivity contribution is 6.33. The largest absolute Gasteiger partial charge is 0.491 e. The number of nitrogens with zero attached hydrogens (tertiary/aromatic N) is 5. The van der Waals surface area contributed by atoms with Gasteiger partial charge in [-0.1, -0.05) is 16.8 Å². The Morgan fingerprint density at radius 2 is 1.97 bits per heavy atom. The van der Waals surface area contributed by atoms with Crippen molar-refractivity contribution >= 4 is 17.4 Å². The van der Waals surface area contributed by atoms with E-state index in [2.05, 4.69) is 20.4 Å². The molecule has 1 aromatic carbocycles. The van der Waals surface area contributed by atoms with Gasteiger partial charge in [0.25, 0.3) is 0 Å². The zero-order chi connectivity index (χ0) is 26.1. The molecule has 192 valence electrons. The fourth-order valence-electron chi connectivity index (χ4n) is 4.62. The lowest BCUT2D eigenvalue weighted by Gasteiger charge is -2.22. The summed E-state index contributed by atoms with van der Waals surface area (Å²) in [7, 11) is 1.78. The number of nitrogens with one attached hydrogen (secondary N) is 1. The number of hydrogen-bond donors (Lipinski definition) is 2. The highest BCUT2D eigenvalue weighted by atomic mass is 35.5. The van der Waals surface area contributed by atoms with Gasteiger partial charge >= 0.3 is 0 Å². The minimum Gasteiger partial charge on any atom is -0.491 e. The molecule has 4 heterocycles. The van der Waals surface area contributed by atoms with Crippen molar-refractivity contribution in [3.8, 4) is 28.4 Å². The summed E-state index contributed by atoms with van der Waals surface area (Å²) in [6, 6.07) is 7.38. The minimum absolute atomic E-state index is 0.145. The van der Waals surface area contributed by atoms with Crippen LogP contribution in [0.15, 0.2) is 41.2 Å². The summed E-state index contributed by atoms with van der Waals surface area (Å²) in [5.41, 5.74) is 6.31. The van der Waals surface area contributed by atoms with Gasteiger partial charge in [-0.3, -0.25) is 4.98 Å². The molecule has 10 heteroatoms. The van der Waals surface area contributed by atoms with E-state index in [-0.39, 0.29) is 6.61 Å². The van der Waals surface area contributed by atoms with E-state index >= 15 is 0 Å². The molecule has 5 rings (SSSR count). The lowest BCUT2D eigenvalue weighted by molar-refractivity contribution is 0.108. The first kappa shape index (κ1) is 25.1. The van der Waals surface area contributed by atoms with Gasteiger partial charge in [-0.15, -0.1) is 0 Å². The molecule has 0 unspecified atom stereocenters. The lowest BCUT2D eigenvalue weighted by Crippen LogP contribution is -2.29. The molecule has 0 radical (unpaired) electrons. The van der Waals surface area contributed by atoms with Crippen LogP contribution < -0.4 is 15.0 Å². The van der Waals surface area contributed by atoms with Crippen LogP contribution in [-0.4, -0.2) is 51.5 Å². The fourth-order valence-corrected chi connectivity index (χ4v) is 4.82. The molecule has 9 nitrogen and oxygen atoms in total. The van der Waals surface area contributed by atoms with Crippen molar-refractivity contribution in [3.63, 3.8) is 0 Å². The molecule has 1 atom stereocenters. The Kier molecular flexibility index (Phi) is 7.10. The number of aromatic nitrogens is 4. The molecule has 3 aromatic heterocycles. The summed E-state index contributed by atoms with van der Waals surface area (Å²) in [5, 5.41) is 17.6. The first-order valence-electron chi connectivity index (χ1n) is 12.1. The topological polar surface area (TPSA) is 109 Å². The van der Waals surface area contributed by atoms with E-state index in [1.807, 2.05) is 45.3 Å². The van der Waals surface area contributed by atoms with Gasteiger partial charge in [0.1, 0.15) is 30.0 Å². The average molecular weight is 521 g/mol. The summed E-state index contributed by atoms with van der Waals surface area (Å²) >= 11 is 6.66. The second kappa shape index (κ2) is 10.5. The van der Waals surface area contributed by atoms with Crippen LogP contribution in [0, 0.1) is 20.8 Å². The average Bonchev–Trinajstić information content (AvgIpc) is 3.46. The van der Waals surface area contributed by atoms with E-state index < -0.39 is 6.10 Å². The van der Waals surface area contributed by atoms with Crippen molar-refractivity contribution in [3.05, 3.63) is 69.8 Å². The van der Waals surface area contributed by atoms with Crippen molar-refractivity contribution < 1.29 is 14.4 Å². The Morgan fingerprint density at radius 3 is 2.70 bits per heavy atom. The lowest BCUT2D eigenvalue weighted by atomic mass is 10.0. The summed E-state index contributed by atoms with van der Waals surface area (Å²) in [6.45, 7) is 7.79. The van der Waals surface area contributed by atoms with Crippen LogP contribution in [-0.2, 0) is 13.1 Å². The number of hydrogen-bond acceptors (Lipinski definition) is 9. The normalized spacial score (nSPS) is 13.6. The van der Waals surface area contributed by atoms with Crippen LogP contribution in [0.25, 0.3) is 22.6 Å². The predicted octanol–water partition coefficient (Wildman–Crippen LogP) is 4.25. The highest BCUT2D eigenvalue weighted by Crippen LogP contribution is 2.38. The number of aliphatic hydroxyl groups excluding tert-OH is 1. The number of anilines is 1. The molecule has 0 amide bonds. The number of aliphatic hydroxyl groups is 1. The highest BCUT2D eigenvalue weighted by Gasteiger charge is 2.27. The predicted molar refractivity (Wildman–Crippen MR) is 142 cm³/mol. The zero-order valence-corrected chi connectivity index (χ0v) is 22.0. The Morgan fingerprint density at radius 1 is 1.16 bits per heavy atom. The minimum atomic E-state index is -0.635. The number of likely N-dealkylation sites (N-methyl/N-ethyl adjacent to an activating group) is 1. The molecule has 0 bridgehead atoms. The molecular weight excluding hydrogens is 492 g/mol. The van der Waals surface area contributed by atoms with Gasteiger partial charge in [0.2, 0.25) is 0 Å². The smallest absolute Gasteiger partial charge is 0.163 e. The summed E-state index contributed by atoms with van der Waals surface area (Å²) in [4.78, 5) is 16.5. The maximum atomic E-state index is 10.0. The number of rotatable bonds is 8. The van der Waals surface area contributed by atoms with Gasteiger partial charge in [-0.2, -0.15) is 0 Å². The van der Waals surface area contributed by atoms with E-state index in [1.165, 1.54) is 11.1 Å². The third-order valence-corrected chi connectivity index (χ3v) is 6.81. The Hall–Kier alpha value is -3.53. The number of aryl methyl sites for hydroxylation is 2. The molecule has 0 saturated heterocycles. The maximum absolute atomic E-state index is 10.0. The second-order valence-corrected chi connectivity index (χ2v) is 9.62. The Labute approximate surface area is 220 Å². The summed E-state index contributed by atoms with van der Waals surface area (Å²) in [6.07, 6.45) is 3.08. The third kappa shape index (κ3) is 5.02. The zero-order valence-electron chi connectivity index (χ0n) is 21.2. The third-order valence-electron chi connectivity index (χ3n) is 6.48. The van der Waals surface area contributed by atoms with Crippen molar-refractivity contribution in [2.45, 2.75) is 40.0 Å². The van der Waals surface area contributed by atoms with Crippen LogP contribution in [0.1, 0.15) is 28.1 Å². The van der Waals surface area contributed by atoms with Gasteiger partial charge < -0.3 is 24.6 Å². The van der Waals surface area contributed by atoms with Crippen LogP contribution >= 0.6 is 11.6 Å². The fraction of sp³-hybridized carbons (Fsp3) is 0.333. The van der Waals surface area contributed by atoms with Crippen molar-refractivity contribution in [2.24, 2.45) is 0 Å². The van der Waals surface area contributed by atoms with Crippen molar-refractivity contribution in [2.75, 3.05) is 25.1 Å². The monoisotopic (exact) mass is 520 g/mol. The van der Waals surface area contributed by atoms with E-state index in [0.29, 0.717) is 41.0 Å². The number of benzene rings is 1. The number of ether oxygens (including phenoxy) is 1. The molecule has 2 N–H and O–H groups in total. The standard InChI is InChI=1S/C27H29ClN6O3/c1-15-25(24-16(2)33-37-17(24)3)31-26(32-27(15)34-12-18-7-8-30-10-19(18)13-34)22-9-21(5-6-23(22)28)36-14-20(35)11-29-4/h5-10,20,29,35H,11-14H2,1-4H3/t20-/m0/s1. The number of halogens is 1. The van der Waals surface area contributed by atoms with E-state index in [9.17, 15) is 5.11 Å². The summed E-state index contributed by atoms with van der Waals surface area (Å²) < 4.78 is 11.3. The SMILES string of the molecule is CNC[C@H](O)COc1ccc(Cl)c(-c2nc(-c3c(C)noc3C)c(C)c(N3Cc4ccncc4C3)n2)c1. The van der Waals surface area contributed by atoms with Gasteiger partial charge in [-0.25, -0.2) is 9.97 Å². The Bertz CT molecular complexity index is 1400. The molecule has 0 aliphatic carbocycles. The molecule has 0 fully saturated rings. The van der Waals surface area contributed by atoms with Crippen molar-refractivity contribution in [1.82, 2.24) is 25.4 Å². The summed E-state index contributed by atoms with van der Waals surface area (Å²) in [5.74, 6) is 2.53. The van der Waals surface area contributed by atoms with Gasteiger partial charge in [-0.05, 0) is 63.2 Å². The molecule has 37 heavy (non-hydrogen) atoms. The molecule has 0 saturated carbocycles. The number of pyridine rings is 1. The van der Waals surface area contributed by atoms with Gasteiger partial charge in [0, 0.05) is 43.2 Å². The molecule has 4 aromatic rings. The van der Waals surface area contributed by atoms with Crippen LogP contribution in [0.4, 0.5) is 5.82 Å². The van der Waals surface area contributed by atoms with E-state index in [0.717, 1.165) is 34.9 Å². The maximum Gasteiger partial charge on any atom is 0.163 e. The Balaban J connectivity index is 1.60. The van der Waals surface area contributed by atoms with E-state index in [1.54, 1.807) is 19.2 Å². The van der Waals surface area contributed by atoms with Gasteiger partial charge in [0.05, 0.1) is 22.0 Å². The molecular formula is C27H29ClN6O3. The first-order chi connectivity index (χ1) is 17.9. The number of fused-ring (bicyclic) bond motifs is 1. The quantitative estimate of drug-likeness (QED) is 0.352. The first-order valence-corrected chi connectivity index (χ1v) is 12.5. The van der Waals surface area contributed by atoms with Crippen LogP contribution in [0.3, 0.4) is 0 Å². The van der Waals surface area contributed by atoms with E-state index in [4.69, 9.17) is 30.8 Å². The van der Waals surface area contributed by atoms with Crippen LogP contribution in [0.2, 0.25) is 5.02 Å². The van der Waals surface area contributed by atoms with Gasteiger partial charge in [0.15, 0.2) is 5.82 Å². The van der Waals surface area contributed by atoms with Crippen LogP contribution in [0.5, 0.6) is 5.75 Å². The molecule has 0 spiro atoms. The molecule has 1 aliphatic rings. The second-order valence-electron chi connectivity index (χ2n) is 9.21.